The van der Waals surface area contributed by atoms with E-state index in [0.29, 0.717) is 6.04 Å². The van der Waals surface area contributed by atoms with E-state index in [1.807, 2.05) is 20.8 Å². The van der Waals surface area contributed by atoms with E-state index in [0.717, 1.165) is 5.71 Å². The molecule has 0 rings (SSSR count). The van der Waals surface area contributed by atoms with Gasteiger partial charge in [0.1, 0.15) is 0 Å². The summed E-state index contributed by atoms with van der Waals surface area (Å²) in [6.45, 7) is 6.01. The van der Waals surface area contributed by atoms with Crippen LogP contribution >= 0.6 is 0 Å². The molecule has 0 bridgehead atoms. The lowest BCUT2D eigenvalue weighted by molar-refractivity contribution is 0.836. The second kappa shape index (κ2) is 4.13. The summed E-state index contributed by atoms with van der Waals surface area (Å²) < 4.78 is 0. The van der Waals surface area contributed by atoms with Gasteiger partial charge in [-0.15, -0.1) is 0 Å². The van der Waals surface area contributed by atoms with E-state index in [9.17, 15) is 0 Å². The number of aliphatic imine (C=N–C) groups is 1. The number of nitrogens with two attached hydrogens (primary N) is 1. The van der Waals surface area contributed by atoms with Crippen LogP contribution in [-0.2, 0) is 0 Å². The third-order valence-electron chi connectivity index (χ3n) is 0.799. The van der Waals surface area contributed by atoms with Crippen LogP contribution in [0.1, 0.15) is 20.8 Å². The SMILES string of the molecule is CC(C=CN)=NC(C)C. The zero-order valence-electron chi connectivity index (χ0n) is 6.26. The van der Waals surface area contributed by atoms with Gasteiger partial charge in [-0.05, 0) is 33.0 Å². The Labute approximate surface area is 56.5 Å². The number of rotatable bonds is 2. The number of nitrogens with zero attached hydrogens (tertiary/aromatic N) is 1. The standard InChI is InChI=1S/C7H14N2/c1-6(2)9-7(3)4-5-8/h4-6H,8H2,1-3H3. The van der Waals surface area contributed by atoms with E-state index in [2.05, 4.69) is 4.99 Å². The number of hydrogen-bond acceptors (Lipinski definition) is 2. The summed E-state index contributed by atoms with van der Waals surface area (Å²) >= 11 is 0. The molecule has 9 heavy (non-hydrogen) atoms. The average molecular weight is 126 g/mol. The highest BCUT2D eigenvalue weighted by Crippen LogP contribution is 1.88. The van der Waals surface area contributed by atoms with Gasteiger partial charge in [0.2, 0.25) is 0 Å². The van der Waals surface area contributed by atoms with Gasteiger partial charge in [0, 0.05) is 11.8 Å². The minimum atomic E-state index is 0.362. The zero-order chi connectivity index (χ0) is 7.28. The maximum absolute atomic E-state index is 5.14. The maximum Gasteiger partial charge on any atom is 0.0446 e. The summed E-state index contributed by atoms with van der Waals surface area (Å²) in [4.78, 5) is 4.22. The second-order valence-electron chi connectivity index (χ2n) is 2.22. The molecular formula is C7H14N2. The molecule has 0 atom stereocenters. The third-order valence-corrected chi connectivity index (χ3v) is 0.799. The minimum absolute atomic E-state index is 0.362. The third kappa shape index (κ3) is 5.07. The second-order valence-corrected chi connectivity index (χ2v) is 2.22. The van der Waals surface area contributed by atoms with Gasteiger partial charge in [-0.2, -0.15) is 0 Å². The molecule has 0 amide bonds. The molecule has 0 spiro atoms. The van der Waals surface area contributed by atoms with Crippen LogP contribution in [0.3, 0.4) is 0 Å². The van der Waals surface area contributed by atoms with E-state index >= 15 is 0 Å². The van der Waals surface area contributed by atoms with Crippen molar-refractivity contribution in [2.45, 2.75) is 26.8 Å². The van der Waals surface area contributed by atoms with Crippen LogP contribution in [0.2, 0.25) is 0 Å². The van der Waals surface area contributed by atoms with E-state index in [1.165, 1.54) is 6.20 Å². The van der Waals surface area contributed by atoms with Crippen molar-refractivity contribution >= 4 is 5.71 Å². The summed E-state index contributed by atoms with van der Waals surface area (Å²) in [5.74, 6) is 0. The molecule has 52 valence electrons. The van der Waals surface area contributed by atoms with Crippen molar-refractivity contribution < 1.29 is 0 Å². The molecule has 2 nitrogen and oxygen atoms in total. The molecule has 0 radical (unpaired) electrons. The molecule has 0 fully saturated rings. The lowest BCUT2D eigenvalue weighted by atomic mass is 10.3. The molecule has 0 saturated carbocycles. The molecule has 0 unspecified atom stereocenters. The van der Waals surface area contributed by atoms with Crippen LogP contribution < -0.4 is 5.73 Å². The van der Waals surface area contributed by atoms with E-state index in [4.69, 9.17) is 5.73 Å². The summed E-state index contributed by atoms with van der Waals surface area (Å²) in [6.07, 6.45) is 3.29. The lowest BCUT2D eigenvalue weighted by Gasteiger charge is -1.95. The molecular weight excluding hydrogens is 112 g/mol. The van der Waals surface area contributed by atoms with Crippen LogP contribution in [0, 0.1) is 0 Å². The van der Waals surface area contributed by atoms with E-state index < -0.39 is 0 Å². The van der Waals surface area contributed by atoms with Crippen molar-refractivity contribution in [1.82, 2.24) is 0 Å². The Morgan fingerprint density at radius 1 is 1.56 bits per heavy atom. The minimum Gasteiger partial charge on any atom is -0.405 e. The lowest BCUT2D eigenvalue weighted by Crippen LogP contribution is -1.95. The Hall–Kier alpha value is -0.790. The molecule has 0 aliphatic carbocycles. The first-order chi connectivity index (χ1) is 4.16. The molecule has 0 aromatic carbocycles. The van der Waals surface area contributed by atoms with Crippen molar-refractivity contribution in [3.05, 3.63) is 12.3 Å². The van der Waals surface area contributed by atoms with Crippen molar-refractivity contribution in [1.29, 1.82) is 0 Å². The van der Waals surface area contributed by atoms with Crippen molar-refractivity contribution in [2.24, 2.45) is 10.7 Å². The smallest absolute Gasteiger partial charge is 0.0446 e. The fraction of sp³-hybridized carbons (Fsp3) is 0.571. The van der Waals surface area contributed by atoms with E-state index in [1.54, 1.807) is 6.08 Å². The monoisotopic (exact) mass is 126 g/mol. The molecule has 0 aliphatic rings. The molecule has 0 aromatic rings. The van der Waals surface area contributed by atoms with Crippen molar-refractivity contribution in [2.75, 3.05) is 0 Å². The first kappa shape index (κ1) is 8.21. The van der Waals surface area contributed by atoms with Gasteiger partial charge in [0.25, 0.3) is 0 Å². The van der Waals surface area contributed by atoms with Gasteiger partial charge < -0.3 is 5.73 Å². The Morgan fingerprint density at radius 2 is 2.11 bits per heavy atom. The zero-order valence-corrected chi connectivity index (χ0v) is 6.26. The number of hydrogen-bond donors (Lipinski definition) is 1. The maximum atomic E-state index is 5.14. The largest absolute Gasteiger partial charge is 0.405 e. The van der Waals surface area contributed by atoms with Crippen LogP contribution in [0.4, 0.5) is 0 Å². The van der Waals surface area contributed by atoms with Gasteiger partial charge in [0.15, 0.2) is 0 Å². The molecule has 0 saturated heterocycles. The summed E-state index contributed by atoms with van der Waals surface area (Å²) in [5.41, 5.74) is 6.12. The fourth-order valence-electron chi connectivity index (χ4n) is 0.590. The topological polar surface area (TPSA) is 38.4 Å². The molecule has 2 heteroatoms. The summed E-state index contributed by atoms with van der Waals surface area (Å²) in [7, 11) is 0. The average Bonchev–Trinajstić information content (AvgIpc) is 1.63. The first-order valence-electron chi connectivity index (χ1n) is 3.09. The normalized spacial score (nSPS) is 13.6. The van der Waals surface area contributed by atoms with Crippen LogP contribution in [-0.4, -0.2) is 11.8 Å². The van der Waals surface area contributed by atoms with E-state index in [-0.39, 0.29) is 0 Å². The van der Waals surface area contributed by atoms with Crippen molar-refractivity contribution in [3.8, 4) is 0 Å². The highest BCUT2D eigenvalue weighted by atomic mass is 14.8. The molecule has 0 aromatic heterocycles. The van der Waals surface area contributed by atoms with Crippen molar-refractivity contribution in [3.63, 3.8) is 0 Å². The van der Waals surface area contributed by atoms with Crippen LogP contribution in [0.15, 0.2) is 17.3 Å². The fourth-order valence-corrected chi connectivity index (χ4v) is 0.590. The highest BCUT2D eigenvalue weighted by Gasteiger charge is 1.85. The summed E-state index contributed by atoms with van der Waals surface area (Å²) in [5, 5.41) is 0. The van der Waals surface area contributed by atoms with Gasteiger partial charge in [-0.25, -0.2) is 0 Å². The first-order valence-corrected chi connectivity index (χ1v) is 3.09. The van der Waals surface area contributed by atoms with Gasteiger partial charge >= 0.3 is 0 Å². The predicted octanol–water partition coefficient (Wildman–Crippen LogP) is 1.33. The van der Waals surface area contributed by atoms with Crippen LogP contribution in [0.25, 0.3) is 0 Å². The Bertz CT molecular complexity index is 123. The molecule has 0 aliphatic heterocycles. The van der Waals surface area contributed by atoms with Gasteiger partial charge in [-0.1, -0.05) is 0 Å². The Morgan fingerprint density at radius 3 is 2.44 bits per heavy atom. The van der Waals surface area contributed by atoms with Gasteiger partial charge in [0.05, 0.1) is 0 Å². The van der Waals surface area contributed by atoms with Crippen LogP contribution in [0.5, 0.6) is 0 Å². The quantitative estimate of drug-likeness (QED) is 0.557. The highest BCUT2D eigenvalue weighted by molar-refractivity contribution is 5.92. The Kier molecular flexibility index (Phi) is 3.76. The summed E-state index contributed by atoms with van der Waals surface area (Å²) in [6, 6.07) is 0.362. The van der Waals surface area contributed by atoms with Gasteiger partial charge in [-0.3, -0.25) is 4.99 Å². The molecule has 0 heterocycles. The Balaban J connectivity index is 3.84. The molecule has 2 N–H and O–H groups in total. The predicted molar refractivity (Wildman–Crippen MR) is 41.6 cm³/mol. The number of allylic oxidation sites excluding steroid dienone is 1.